The molecular formula is C36H50ClN5O7. The molecule has 2 aliphatic heterocycles. The standard InChI is InChI=1S/C36H50ClN5O7/c1-5-10-26(30(44)33(46)38-25-15-16-25)39-32(45)28-20-36(19-27(41-49-36)23-13-9-14-24(37)18-23)21-42(28)34(47)31(35(2,3)48-4)40-29(43)17-22-11-7-6-8-12-22/h9,13-14,18,22,25-26,28,31H,5-8,10-12,15-17,19-21H2,1-4H3,(H,38,46)(H,39,45)(H,40,43)/t26-,28-,31+,36+/m0/s1. The van der Waals surface area contributed by atoms with E-state index in [0.29, 0.717) is 30.0 Å². The van der Waals surface area contributed by atoms with Gasteiger partial charge in [-0.05, 0) is 64.0 Å². The van der Waals surface area contributed by atoms with Crippen LogP contribution in [0.15, 0.2) is 29.4 Å². The van der Waals surface area contributed by atoms with Gasteiger partial charge in [0.15, 0.2) is 5.60 Å². The van der Waals surface area contributed by atoms with E-state index in [0.717, 1.165) is 50.5 Å². The average molecular weight is 700 g/mol. The lowest BCUT2D eigenvalue weighted by atomic mass is 9.86. The van der Waals surface area contributed by atoms with E-state index in [-0.39, 0.29) is 37.3 Å². The SMILES string of the molecule is CCC[C@H](NC(=O)[C@@H]1C[C@]2(CC(c3cccc(Cl)c3)=NO2)CN1C(=O)[C@@H](NC(=O)CC1CCCCC1)C(C)(C)OC)C(=O)C(=O)NC1CC1. The van der Waals surface area contributed by atoms with Gasteiger partial charge in [-0.1, -0.05) is 61.5 Å². The molecule has 4 atom stereocenters. The second-order valence-electron chi connectivity index (χ2n) is 14.7. The van der Waals surface area contributed by atoms with Crippen molar-refractivity contribution in [2.75, 3.05) is 13.7 Å². The van der Waals surface area contributed by atoms with Crippen molar-refractivity contribution in [3.8, 4) is 0 Å². The minimum Gasteiger partial charge on any atom is -0.387 e. The second-order valence-corrected chi connectivity index (χ2v) is 15.1. The molecule has 268 valence electrons. The normalized spacial score (nSPS) is 23.7. The van der Waals surface area contributed by atoms with E-state index in [4.69, 9.17) is 21.2 Å². The van der Waals surface area contributed by atoms with Crippen LogP contribution >= 0.6 is 11.6 Å². The summed E-state index contributed by atoms with van der Waals surface area (Å²) in [6.07, 6.45) is 8.39. The van der Waals surface area contributed by atoms with Gasteiger partial charge in [-0.3, -0.25) is 24.0 Å². The molecule has 1 aromatic carbocycles. The number of carbonyl (C=O) groups excluding carboxylic acids is 5. The van der Waals surface area contributed by atoms with E-state index < -0.39 is 52.8 Å². The Hall–Kier alpha value is -3.51. The van der Waals surface area contributed by atoms with Gasteiger partial charge in [0.05, 0.1) is 23.9 Å². The third-order valence-corrected chi connectivity index (χ3v) is 10.5. The van der Waals surface area contributed by atoms with Gasteiger partial charge in [0.1, 0.15) is 12.1 Å². The highest BCUT2D eigenvalue weighted by Crippen LogP contribution is 2.40. The fraction of sp³-hybridized carbons (Fsp3) is 0.667. The van der Waals surface area contributed by atoms with E-state index in [9.17, 15) is 24.0 Å². The molecule has 4 amide bonds. The molecule has 1 saturated heterocycles. The van der Waals surface area contributed by atoms with E-state index in [1.165, 1.54) is 12.0 Å². The highest BCUT2D eigenvalue weighted by atomic mass is 35.5. The molecule has 3 fully saturated rings. The number of methoxy groups -OCH3 is 1. The number of nitrogens with one attached hydrogen (secondary N) is 3. The van der Waals surface area contributed by atoms with Crippen molar-refractivity contribution in [3.05, 3.63) is 34.9 Å². The van der Waals surface area contributed by atoms with Gasteiger partial charge in [0, 0.05) is 43.0 Å². The summed E-state index contributed by atoms with van der Waals surface area (Å²) in [5.41, 5.74) is -0.784. The van der Waals surface area contributed by atoms with Crippen LogP contribution in [-0.2, 0) is 33.5 Å². The first-order valence-electron chi connectivity index (χ1n) is 17.7. The van der Waals surface area contributed by atoms with Crippen molar-refractivity contribution in [3.63, 3.8) is 0 Å². The summed E-state index contributed by atoms with van der Waals surface area (Å²) in [5, 5.41) is 13.3. The molecule has 5 rings (SSSR count). The third kappa shape index (κ3) is 9.00. The zero-order valence-electron chi connectivity index (χ0n) is 29.0. The molecular weight excluding hydrogens is 650 g/mol. The van der Waals surface area contributed by atoms with Crippen LogP contribution in [0.25, 0.3) is 0 Å². The van der Waals surface area contributed by atoms with Crippen molar-refractivity contribution in [1.29, 1.82) is 0 Å². The van der Waals surface area contributed by atoms with Gasteiger partial charge in [-0.15, -0.1) is 0 Å². The Kier molecular flexibility index (Phi) is 11.7. The van der Waals surface area contributed by atoms with Gasteiger partial charge in [0.2, 0.25) is 23.5 Å². The molecule has 1 aromatic rings. The Labute approximate surface area is 293 Å². The van der Waals surface area contributed by atoms with Crippen molar-refractivity contribution in [2.24, 2.45) is 11.1 Å². The summed E-state index contributed by atoms with van der Waals surface area (Å²) in [7, 11) is 1.47. The van der Waals surface area contributed by atoms with Crippen LogP contribution in [0.5, 0.6) is 0 Å². The number of ether oxygens (including phenoxy) is 1. The van der Waals surface area contributed by atoms with E-state index >= 15 is 0 Å². The minimum atomic E-state index is -1.13. The van der Waals surface area contributed by atoms with Gasteiger partial charge in [-0.25, -0.2) is 0 Å². The fourth-order valence-electron chi connectivity index (χ4n) is 7.11. The molecule has 4 aliphatic rings. The highest BCUT2D eigenvalue weighted by molar-refractivity contribution is 6.38. The molecule has 3 N–H and O–H groups in total. The lowest BCUT2D eigenvalue weighted by Gasteiger charge is -2.37. The third-order valence-electron chi connectivity index (χ3n) is 10.3. The largest absolute Gasteiger partial charge is 0.387 e. The summed E-state index contributed by atoms with van der Waals surface area (Å²) in [5.74, 6) is -2.53. The predicted molar refractivity (Wildman–Crippen MR) is 184 cm³/mol. The molecule has 0 radical (unpaired) electrons. The number of hydrogen-bond donors (Lipinski definition) is 3. The van der Waals surface area contributed by atoms with Crippen molar-refractivity contribution >= 4 is 46.7 Å². The molecule has 49 heavy (non-hydrogen) atoms. The Morgan fingerprint density at radius 1 is 1.10 bits per heavy atom. The number of nitrogens with zero attached hydrogens (tertiary/aromatic N) is 2. The van der Waals surface area contributed by atoms with Crippen LogP contribution in [0.4, 0.5) is 0 Å². The average Bonchev–Trinajstić information content (AvgIpc) is 3.67. The van der Waals surface area contributed by atoms with Gasteiger partial charge >= 0.3 is 0 Å². The van der Waals surface area contributed by atoms with Crippen molar-refractivity contribution in [1.82, 2.24) is 20.9 Å². The molecule has 12 nitrogen and oxygen atoms in total. The zero-order valence-corrected chi connectivity index (χ0v) is 29.8. The first kappa shape index (κ1) is 36.8. The summed E-state index contributed by atoms with van der Waals surface area (Å²) >= 11 is 6.25. The second kappa shape index (κ2) is 15.6. The monoisotopic (exact) mass is 699 g/mol. The maximum Gasteiger partial charge on any atom is 0.289 e. The molecule has 2 saturated carbocycles. The minimum absolute atomic E-state index is 0.000826. The Bertz CT molecular complexity index is 1460. The zero-order chi connectivity index (χ0) is 35.3. The van der Waals surface area contributed by atoms with Crippen LogP contribution in [0, 0.1) is 5.92 Å². The molecule has 0 aromatic heterocycles. The van der Waals surface area contributed by atoms with Crippen LogP contribution in [-0.4, -0.2) is 89.0 Å². The first-order chi connectivity index (χ1) is 23.3. The Balaban J connectivity index is 1.40. The van der Waals surface area contributed by atoms with Gasteiger partial charge < -0.3 is 30.4 Å². The predicted octanol–water partition coefficient (Wildman–Crippen LogP) is 3.82. The van der Waals surface area contributed by atoms with Crippen LogP contribution in [0.2, 0.25) is 5.02 Å². The molecule has 0 unspecified atom stereocenters. The van der Waals surface area contributed by atoms with E-state index in [1.807, 2.05) is 19.1 Å². The number of ketones is 1. The highest BCUT2D eigenvalue weighted by Gasteiger charge is 2.56. The molecule has 2 heterocycles. The van der Waals surface area contributed by atoms with Crippen LogP contribution in [0.1, 0.15) is 103 Å². The summed E-state index contributed by atoms with van der Waals surface area (Å²) < 4.78 is 5.74. The maximum atomic E-state index is 14.6. The van der Waals surface area contributed by atoms with Crippen molar-refractivity contribution < 1.29 is 33.5 Å². The number of halogens is 1. The lowest BCUT2D eigenvalue weighted by Crippen LogP contribution is -2.62. The quantitative estimate of drug-likeness (QED) is 0.250. The summed E-state index contributed by atoms with van der Waals surface area (Å²) in [6, 6.07) is 3.93. The van der Waals surface area contributed by atoms with E-state index in [2.05, 4.69) is 21.1 Å². The summed E-state index contributed by atoms with van der Waals surface area (Å²) in [6.45, 7) is 5.30. The number of oxime groups is 1. The molecule has 0 bridgehead atoms. The van der Waals surface area contributed by atoms with Gasteiger partial charge in [-0.2, -0.15) is 0 Å². The first-order valence-corrected chi connectivity index (χ1v) is 18.0. The van der Waals surface area contributed by atoms with Gasteiger partial charge in [0.25, 0.3) is 5.91 Å². The number of Topliss-reactive ketones (excluding diaryl/α,β-unsaturated/α-hetero) is 1. The number of rotatable bonds is 14. The number of amides is 4. The maximum absolute atomic E-state index is 14.6. The number of likely N-dealkylation sites (tertiary alicyclic amines) is 1. The number of benzene rings is 1. The fourth-order valence-corrected chi connectivity index (χ4v) is 7.30. The Morgan fingerprint density at radius 2 is 1.84 bits per heavy atom. The van der Waals surface area contributed by atoms with E-state index in [1.54, 1.807) is 26.0 Å². The lowest BCUT2D eigenvalue weighted by molar-refractivity contribution is -0.149. The molecule has 1 spiro atoms. The smallest absolute Gasteiger partial charge is 0.289 e. The molecule has 13 heteroatoms. The summed E-state index contributed by atoms with van der Waals surface area (Å²) in [4.78, 5) is 75.5. The van der Waals surface area contributed by atoms with Crippen molar-refractivity contribution in [2.45, 2.75) is 133 Å². The molecule has 2 aliphatic carbocycles. The topological polar surface area (TPSA) is 156 Å². The van der Waals surface area contributed by atoms with Crippen LogP contribution < -0.4 is 16.0 Å². The Morgan fingerprint density at radius 3 is 2.49 bits per heavy atom. The number of carbonyl (C=O) groups is 5. The van der Waals surface area contributed by atoms with Crippen LogP contribution in [0.3, 0.4) is 0 Å². The number of hydrogen-bond acceptors (Lipinski definition) is 8.